The van der Waals surface area contributed by atoms with Gasteiger partial charge >= 0.3 is 0 Å². The number of nitrogens with zero attached hydrogens (tertiary/aromatic N) is 3. The van der Waals surface area contributed by atoms with Crippen molar-refractivity contribution in [1.82, 2.24) is 14.9 Å². The number of hydrogen-bond acceptors (Lipinski definition) is 4. The highest BCUT2D eigenvalue weighted by Gasteiger charge is 2.03. The lowest BCUT2D eigenvalue weighted by Gasteiger charge is -2.00. The summed E-state index contributed by atoms with van der Waals surface area (Å²) in [5, 5.41) is 20.7. The summed E-state index contributed by atoms with van der Waals surface area (Å²) in [4.78, 5) is 0. The second-order valence-corrected chi connectivity index (χ2v) is 4.76. The quantitative estimate of drug-likeness (QED) is 0.673. The number of aromatic nitrogens is 3. The molecule has 0 fully saturated rings. The molecular formula is C12H13ClN4OS. The maximum absolute atomic E-state index is 9.34. The molecule has 1 aromatic heterocycles. The van der Waals surface area contributed by atoms with Crippen LogP contribution in [0.15, 0.2) is 23.3 Å². The number of halogens is 1. The zero-order valence-corrected chi connectivity index (χ0v) is 11.9. The minimum absolute atomic E-state index is 0.0467. The summed E-state index contributed by atoms with van der Waals surface area (Å²) in [7, 11) is 0. The van der Waals surface area contributed by atoms with E-state index in [0.717, 1.165) is 24.2 Å². The summed E-state index contributed by atoms with van der Waals surface area (Å²) in [6.07, 6.45) is 3.37. The molecule has 0 amide bonds. The normalized spacial score (nSPS) is 11.3. The van der Waals surface area contributed by atoms with Gasteiger partial charge in [0.15, 0.2) is 5.82 Å². The smallest absolute Gasteiger partial charge is 0.216 e. The van der Waals surface area contributed by atoms with Crippen LogP contribution in [0.4, 0.5) is 0 Å². The first-order chi connectivity index (χ1) is 9.11. The van der Waals surface area contributed by atoms with Crippen molar-refractivity contribution in [2.75, 3.05) is 0 Å². The van der Waals surface area contributed by atoms with E-state index in [0.29, 0.717) is 4.77 Å². The van der Waals surface area contributed by atoms with Crippen LogP contribution in [0.3, 0.4) is 0 Å². The SMILES string of the molecule is CCCc1n[nH]c(=S)n1/N=C\c1ccc(O)c(Cl)c1. The Morgan fingerprint density at radius 1 is 1.58 bits per heavy atom. The highest BCUT2D eigenvalue weighted by atomic mass is 35.5. The van der Waals surface area contributed by atoms with Crippen LogP contribution in [-0.2, 0) is 6.42 Å². The molecule has 1 heterocycles. The molecule has 0 atom stereocenters. The minimum Gasteiger partial charge on any atom is -0.506 e. The molecule has 2 aromatic rings. The third-order valence-electron chi connectivity index (χ3n) is 2.49. The average molecular weight is 297 g/mol. The van der Waals surface area contributed by atoms with Gasteiger partial charge in [0, 0.05) is 6.42 Å². The van der Waals surface area contributed by atoms with Crippen LogP contribution < -0.4 is 0 Å². The topological polar surface area (TPSA) is 66.2 Å². The van der Waals surface area contributed by atoms with Crippen molar-refractivity contribution in [1.29, 1.82) is 0 Å². The van der Waals surface area contributed by atoms with Crippen LogP contribution in [0.1, 0.15) is 24.7 Å². The van der Waals surface area contributed by atoms with Crippen molar-refractivity contribution in [3.05, 3.63) is 39.4 Å². The van der Waals surface area contributed by atoms with Crippen molar-refractivity contribution in [3.63, 3.8) is 0 Å². The Bertz CT molecular complexity index is 662. The predicted molar refractivity (Wildman–Crippen MR) is 77.5 cm³/mol. The van der Waals surface area contributed by atoms with Gasteiger partial charge in [0.25, 0.3) is 0 Å². The van der Waals surface area contributed by atoms with Gasteiger partial charge in [-0.05, 0) is 42.4 Å². The summed E-state index contributed by atoms with van der Waals surface area (Å²) in [5.74, 6) is 0.832. The first-order valence-electron chi connectivity index (χ1n) is 5.81. The highest BCUT2D eigenvalue weighted by molar-refractivity contribution is 7.71. The molecule has 0 aliphatic heterocycles. The van der Waals surface area contributed by atoms with E-state index in [9.17, 15) is 5.11 Å². The molecule has 0 saturated carbocycles. The average Bonchev–Trinajstić information content (AvgIpc) is 2.73. The molecule has 2 N–H and O–H groups in total. The van der Waals surface area contributed by atoms with Crippen LogP contribution in [0, 0.1) is 4.77 Å². The van der Waals surface area contributed by atoms with E-state index in [1.807, 2.05) is 0 Å². The largest absolute Gasteiger partial charge is 0.506 e. The molecule has 0 aliphatic rings. The fraction of sp³-hybridized carbons (Fsp3) is 0.250. The molecule has 0 saturated heterocycles. The fourth-order valence-electron chi connectivity index (χ4n) is 1.56. The van der Waals surface area contributed by atoms with Gasteiger partial charge in [-0.2, -0.15) is 14.9 Å². The maximum Gasteiger partial charge on any atom is 0.216 e. The van der Waals surface area contributed by atoms with Gasteiger partial charge in [-0.1, -0.05) is 18.5 Å². The Labute approximate surface area is 120 Å². The van der Waals surface area contributed by atoms with Gasteiger partial charge in [0.1, 0.15) is 5.75 Å². The Kier molecular flexibility index (Phi) is 4.34. The van der Waals surface area contributed by atoms with Gasteiger partial charge in [0.2, 0.25) is 4.77 Å². The van der Waals surface area contributed by atoms with Crippen molar-refractivity contribution >= 4 is 30.0 Å². The lowest BCUT2D eigenvalue weighted by Crippen LogP contribution is -1.98. The molecule has 5 nitrogen and oxygen atoms in total. The zero-order chi connectivity index (χ0) is 13.8. The van der Waals surface area contributed by atoms with Crippen LogP contribution in [0.2, 0.25) is 5.02 Å². The van der Waals surface area contributed by atoms with Crippen LogP contribution in [0.5, 0.6) is 5.75 Å². The highest BCUT2D eigenvalue weighted by Crippen LogP contribution is 2.22. The Hall–Kier alpha value is -1.66. The number of phenolic OH excluding ortho intramolecular Hbond substituents is 1. The minimum atomic E-state index is 0.0467. The number of hydrogen-bond donors (Lipinski definition) is 2. The van der Waals surface area contributed by atoms with Crippen LogP contribution in [-0.4, -0.2) is 26.2 Å². The number of H-pyrrole nitrogens is 1. The monoisotopic (exact) mass is 296 g/mol. The van der Waals surface area contributed by atoms with Gasteiger partial charge in [0.05, 0.1) is 11.2 Å². The number of phenols is 1. The lowest BCUT2D eigenvalue weighted by molar-refractivity contribution is 0.475. The number of aromatic amines is 1. The van der Waals surface area contributed by atoms with E-state index < -0.39 is 0 Å². The number of rotatable bonds is 4. The van der Waals surface area contributed by atoms with E-state index in [2.05, 4.69) is 22.2 Å². The third kappa shape index (κ3) is 3.21. The number of aromatic hydroxyl groups is 1. The molecule has 2 rings (SSSR count). The van der Waals surface area contributed by atoms with E-state index in [1.54, 1.807) is 23.0 Å². The van der Waals surface area contributed by atoms with Crippen LogP contribution in [0.25, 0.3) is 0 Å². The molecule has 0 aliphatic carbocycles. The summed E-state index contributed by atoms with van der Waals surface area (Å²) < 4.78 is 2.03. The second kappa shape index (κ2) is 5.99. The number of aryl methyl sites for hydroxylation is 1. The van der Waals surface area contributed by atoms with Crippen LogP contribution >= 0.6 is 23.8 Å². The predicted octanol–water partition coefficient (Wildman–Crippen LogP) is 3.13. The first-order valence-corrected chi connectivity index (χ1v) is 6.59. The molecule has 19 heavy (non-hydrogen) atoms. The molecule has 0 spiro atoms. The van der Waals surface area contributed by atoms with Crippen molar-refractivity contribution < 1.29 is 5.11 Å². The van der Waals surface area contributed by atoms with Crippen molar-refractivity contribution in [3.8, 4) is 5.75 Å². The van der Waals surface area contributed by atoms with Gasteiger partial charge < -0.3 is 5.11 Å². The molecular weight excluding hydrogens is 284 g/mol. The van der Waals surface area contributed by atoms with Gasteiger partial charge in [-0.25, -0.2) is 0 Å². The Balaban J connectivity index is 2.29. The standard InChI is InChI=1S/C12H13ClN4OS/c1-2-3-11-15-16-12(19)17(11)14-7-8-4-5-10(18)9(13)6-8/h4-7,18H,2-3H2,1H3,(H,16,19)/b14-7-. The van der Waals surface area contributed by atoms with E-state index in [4.69, 9.17) is 23.8 Å². The molecule has 0 radical (unpaired) electrons. The number of benzene rings is 1. The van der Waals surface area contributed by atoms with Crippen molar-refractivity contribution in [2.45, 2.75) is 19.8 Å². The molecule has 7 heteroatoms. The fourth-order valence-corrected chi connectivity index (χ4v) is 1.94. The first kappa shape index (κ1) is 13.8. The van der Waals surface area contributed by atoms with Gasteiger partial charge in [-0.15, -0.1) is 0 Å². The van der Waals surface area contributed by atoms with E-state index in [1.165, 1.54) is 6.07 Å². The Morgan fingerprint density at radius 2 is 2.37 bits per heavy atom. The lowest BCUT2D eigenvalue weighted by atomic mass is 10.2. The summed E-state index contributed by atoms with van der Waals surface area (Å²) in [5.41, 5.74) is 0.772. The van der Waals surface area contributed by atoms with E-state index >= 15 is 0 Å². The zero-order valence-electron chi connectivity index (χ0n) is 10.3. The van der Waals surface area contributed by atoms with Gasteiger partial charge in [-0.3, -0.25) is 5.10 Å². The summed E-state index contributed by atoms with van der Waals surface area (Å²) in [6, 6.07) is 4.86. The maximum atomic E-state index is 9.34. The molecule has 1 aromatic carbocycles. The number of nitrogens with one attached hydrogen (secondary N) is 1. The molecule has 0 unspecified atom stereocenters. The summed E-state index contributed by atoms with van der Waals surface area (Å²) >= 11 is 10.9. The molecule has 100 valence electrons. The molecule has 0 bridgehead atoms. The second-order valence-electron chi connectivity index (χ2n) is 3.96. The summed E-state index contributed by atoms with van der Waals surface area (Å²) in [6.45, 7) is 2.06. The van der Waals surface area contributed by atoms with Crippen molar-refractivity contribution in [2.24, 2.45) is 5.10 Å². The Morgan fingerprint density at radius 3 is 3.05 bits per heavy atom. The van der Waals surface area contributed by atoms with E-state index in [-0.39, 0.29) is 10.8 Å². The third-order valence-corrected chi connectivity index (χ3v) is 3.05.